The van der Waals surface area contributed by atoms with Gasteiger partial charge in [-0.3, -0.25) is 0 Å². The van der Waals surface area contributed by atoms with Crippen molar-refractivity contribution in [3.05, 3.63) is 22.5 Å². The molecule has 0 saturated heterocycles. The fraction of sp³-hybridized carbons (Fsp3) is 0.455. The van der Waals surface area contributed by atoms with E-state index in [9.17, 15) is 5.11 Å². The van der Waals surface area contributed by atoms with Crippen LogP contribution in [0.1, 0.15) is 28.9 Å². The van der Waals surface area contributed by atoms with Crippen molar-refractivity contribution in [2.24, 2.45) is 0 Å². The normalized spacial score (nSPS) is 14.8. The van der Waals surface area contributed by atoms with Crippen molar-refractivity contribution >= 4 is 11.1 Å². The maximum absolute atomic E-state index is 9.45. The van der Waals surface area contributed by atoms with Gasteiger partial charge in [-0.1, -0.05) is 5.16 Å². The van der Waals surface area contributed by atoms with E-state index in [1.807, 2.05) is 6.92 Å². The molecule has 0 aromatic carbocycles. The minimum Gasteiger partial charge on any atom is -0.392 e. The number of rotatable bonds is 1. The average Bonchev–Trinajstić information content (AvgIpc) is 2.83. The predicted molar refractivity (Wildman–Crippen MR) is 54.5 cm³/mol. The number of aliphatic hydroxyl groups is 1. The van der Waals surface area contributed by atoms with Crippen molar-refractivity contribution in [1.29, 1.82) is 0 Å². The molecule has 15 heavy (non-hydrogen) atoms. The molecule has 4 heteroatoms. The van der Waals surface area contributed by atoms with Crippen LogP contribution in [0.2, 0.25) is 0 Å². The summed E-state index contributed by atoms with van der Waals surface area (Å²) in [7, 11) is 0. The molecule has 2 aromatic heterocycles. The molecule has 1 aliphatic carbocycles. The van der Waals surface area contributed by atoms with Crippen molar-refractivity contribution in [2.75, 3.05) is 0 Å². The zero-order valence-corrected chi connectivity index (χ0v) is 8.58. The van der Waals surface area contributed by atoms with Crippen LogP contribution >= 0.6 is 0 Å². The molecule has 78 valence electrons. The summed E-state index contributed by atoms with van der Waals surface area (Å²) in [5, 5.41) is 14.2. The Morgan fingerprint density at radius 1 is 1.40 bits per heavy atom. The molecule has 4 nitrogen and oxygen atoms in total. The summed E-state index contributed by atoms with van der Waals surface area (Å²) < 4.78 is 5.14. The lowest BCUT2D eigenvalue weighted by molar-refractivity contribution is 0.282. The molecule has 0 spiro atoms. The molecule has 2 aromatic rings. The predicted octanol–water partition coefficient (Wildman–Crippen LogP) is 1.51. The summed E-state index contributed by atoms with van der Waals surface area (Å²) in [6.45, 7) is 1.93. The highest BCUT2D eigenvalue weighted by Gasteiger charge is 2.22. The second-order valence-electron chi connectivity index (χ2n) is 3.98. The van der Waals surface area contributed by atoms with Gasteiger partial charge in [-0.15, -0.1) is 0 Å². The molecule has 0 aliphatic heterocycles. The monoisotopic (exact) mass is 204 g/mol. The van der Waals surface area contributed by atoms with Crippen LogP contribution in [0.3, 0.4) is 0 Å². The first kappa shape index (κ1) is 8.85. The maximum Gasteiger partial charge on any atom is 0.258 e. The molecule has 3 rings (SSSR count). The second-order valence-corrected chi connectivity index (χ2v) is 3.98. The highest BCUT2D eigenvalue weighted by atomic mass is 16.5. The third-order valence-electron chi connectivity index (χ3n) is 3.09. The van der Waals surface area contributed by atoms with Gasteiger partial charge in [-0.2, -0.15) is 0 Å². The van der Waals surface area contributed by atoms with E-state index in [4.69, 9.17) is 4.52 Å². The van der Waals surface area contributed by atoms with E-state index in [2.05, 4.69) is 10.1 Å². The molecule has 0 atom stereocenters. The Kier molecular flexibility index (Phi) is 1.79. The minimum atomic E-state index is 0.0450. The summed E-state index contributed by atoms with van der Waals surface area (Å²) in [5.74, 6) is 0. The molecule has 1 aliphatic rings. The molecule has 0 amide bonds. The van der Waals surface area contributed by atoms with Crippen LogP contribution < -0.4 is 0 Å². The molecule has 0 saturated carbocycles. The average molecular weight is 204 g/mol. The first-order valence-electron chi connectivity index (χ1n) is 5.18. The zero-order valence-electron chi connectivity index (χ0n) is 8.58. The quantitative estimate of drug-likeness (QED) is 0.765. The van der Waals surface area contributed by atoms with E-state index in [0.717, 1.165) is 41.6 Å². The maximum atomic E-state index is 9.45. The van der Waals surface area contributed by atoms with Crippen molar-refractivity contribution in [3.8, 4) is 0 Å². The topological polar surface area (TPSA) is 59.2 Å². The van der Waals surface area contributed by atoms with Gasteiger partial charge in [0.25, 0.3) is 5.71 Å². The third-order valence-corrected chi connectivity index (χ3v) is 3.09. The summed E-state index contributed by atoms with van der Waals surface area (Å²) in [6.07, 6.45) is 3.12. The largest absolute Gasteiger partial charge is 0.392 e. The second kappa shape index (κ2) is 3.03. The Labute approximate surface area is 86.9 Å². The molecular weight excluding hydrogens is 192 g/mol. The standard InChI is InChI=1S/C11H12N2O2/c1-6-10-8(5-14)7-3-2-4-9(7)12-11(10)15-13-6/h14H,2-5H2,1H3. The zero-order chi connectivity index (χ0) is 10.4. The number of aliphatic hydroxyl groups excluding tert-OH is 1. The number of aryl methyl sites for hydroxylation is 2. The smallest absolute Gasteiger partial charge is 0.258 e. The van der Waals surface area contributed by atoms with Gasteiger partial charge in [-0.25, -0.2) is 4.98 Å². The van der Waals surface area contributed by atoms with Crippen LogP contribution in [-0.4, -0.2) is 15.2 Å². The lowest BCUT2D eigenvalue weighted by atomic mass is 10.0. The number of aromatic nitrogens is 2. The Morgan fingerprint density at radius 3 is 3.07 bits per heavy atom. The first-order valence-corrected chi connectivity index (χ1v) is 5.18. The molecular formula is C11H12N2O2. The van der Waals surface area contributed by atoms with Crippen LogP contribution in [-0.2, 0) is 19.4 Å². The Hall–Kier alpha value is -1.42. The van der Waals surface area contributed by atoms with Crippen molar-refractivity contribution in [2.45, 2.75) is 32.8 Å². The number of nitrogens with zero attached hydrogens (tertiary/aromatic N) is 2. The highest BCUT2D eigenvalue weighted by molar-refractivity contribution is 5.81. The highest BCUT2D eigenvalue weighted by Crippen LogP contribution is 2.31. The summed E-state index contributed by atoms with van der Waals surface area (Å²) >= 11 is 0. The molecule has 0 fully saturated rings. The van der Waals surface area contributed by atoms with E-state index in [-0.39, 0.29) is 6.61 Å². The lowest BCUT2D eigenvalue weighted by Crippen LogP contribution is -1.97. The van der Waals surface area contributed by atoms with E-state index in [1.54, 1.807) is 0 Å². The minimum absolute atomic E-state index is 0.0450. The molecule has 0 bridgehead atoms. The Balaban J connectivity index is 2.43. The van der Waals surface area contributed by atoms with E-state index in [1.165, 1.54) is 5.56 Å². The number of pyridine rings is 1. The van der Waals surface area contributed by atoms with Crippen molar-refractivity contribution < 1.29 is 9.63 Å². The summed E-state index contributed by atoms with van der Waals surface area (Å²) in [4.78, 5) is 4.44. The van der Waals surface area contributed by atoms with Gasteiger partial charge >= 0.3 is 0 Å². The fourth-order valence-corrected chi connectivity index (χ4v) is 2.41. The third kappa shape index (κ3) is 1.11. The van der Waals surface area contributed by atoms with Gasteiger partial charge in [0.15, 0.2) is 0 Å². The number of hydrogen-bond donors (Lipinski definition) is 1. The Morgan fingerprint density at radius 2 is 2.27 bits per heavy atom. The van der Waals surface area contributed by atoms with Crippen LogP contribution in [0, 0.1) is 6.92 Å². The Bertz CT molecular complexity index is 531. The van der Waals surface area contributed by atoms with Gasteiger partial charge in [0.1, 0.15) is 0 Å². The summed E-state index contributed by atoms with van der Waals surface area (Å²) in [5.41, 5.74) is 4.62. The van der Waals surface area contributed by atoms with E-state index in [0.29, 0.717) is 5.71 Å². The van der Waals surface area contributed by atoms with Crippen molar-refractivity contribution in [1.82, 2.24) is 10.1 Å². The van der Waals surface area contributed by atoms with Gasteiger partial charge < -0.3 is 9.63 Å². The summed E-state index contributed by atoms with van der Waals surface area (Å²) in [6, 6.07) is 0. The number of fused-ring (bicyclic) bond motifs is 2. The van der Waals surface area contributed by atoms with Crippen LogP contribution in [0.25, 0.3) is 11.1 Å². The van der Waals surface area contributed by atoms with Crippen LogP contribution in [0.4, 0.5) is 0 Å². The molecule has 2 heterocycles. The number of hydrogen-bond acceptors (Lipinski definition) is 4. The van der Waals surface area contributed by atoms with E-state index >= 15 is 0 Å². The first-order chi connectivity index (χ1) is 7.31. The van der Waals surface area contributed by atoms with E-state index < -0.39 is 0 Å². The fourth-order valence-electron chi connectivity index (χ4n) is 2.41. The van der Waals surface area contributed by atoms with Crippen LogP contribution in [0.15, 0.2) is 4.52 Å². The van der Waals surface area contributed by atoms with Crippen molar-refractivity contribution in [3.63, 3.8) is 0 Å². The van der Waals surface area contributed by atoms with Gasteiger partial charge in [0.05, 0.1) is 17.7 Å². The van der Waals surface area contributed by atoms with Gasteiger partial charge in [-0.05, 0) is 37.3 Å². The van der Waals surface area contributed by atoms with Crippen LogP contribution in [0.5, 0.6) is 0 Å². The lowest BCUT2D eigenvalue weighted by Gasteiger charge is -2.05. The van der Waals surface area contributed by atoms with Gasteiger partial charge in [0, 0.05) is 5.69 Å². The van der Waals surface area contributed by atoms with Gasteiger partial charge in [0.2, 0.25) is 0 Å². The molecule has 1 N–H and O–H groups in total. The SMILES string of the molecule is Cc1noc2nc3c(c(CO)c12)CCC3. The molecule has 0 unspecified atom stereocenters. The molecule has 0 radical (unpaired) electrons.